The second kappa shape index (κ2) is 6.44. The van der Waals surface area contributed by atoms with Crippen LogP contribution < -0.4 is 5.32 Å². The molecular weight excluding hydrogens is 324 g/mol. The van der Waals surface area contributed by atoms with Gasteiger partial charge in [0, 0.05) is 6.08 Å². The molecule has 7 nitrogen and oxygen atoms in total. The van der Waals surface area contributed by atoms with E-state index in [1.165, 1.54) is 12.5 Å². The molecule has 1 saturated carbocycles. The predicted molar refractivity (Wildman–Crippen MR) is 88.5 cm³/mol. The predicted octanol–water partition coefficient (Wildman–Crippen LogP) is 1.67. The average molecular weight is 348 g/mol. The first-order valence-corrected chi connectivity index (χ1v) is 9.11. The van der Waals surface area contributed by atoms with E-state index in [1.54, 1.807) is 6.92 Å². The molecule has 4 aliphatic heterocycles. The Morgan fingerprint density at radius 1 is 1.24 bits per heavy atom. The normalized spacial score (nSPS) is 38.5. The Morgan fingerprint density at radius 3 is 3.00 bits per heavy atom. The zero-order valence-corrected chi connectivity index (χ0v) is 14.5. The summed E-state index contributed by atoms with van der Waals surface area (Å²) >= 11 is 0. The zero-order chi connectivity index (χ0) is 17.4. The van der Waals surface area contributed by atoms with E-state index in [-0.39, 0.29) is 11.9 Å². The number of amides is 1. The van der Waals surface area contributed by atoms with Crippen molar-refractivity contribution in [2.75, 3.05) is 13.2 Å². The highest BCUT2D eigenvalue weighted by atomic mass is 16.6. The lowest BCUT2D eigenvalue weighted by molar-refractivity contribution is -0.156. The number of nitrogens with zero attached hydrogens (tertiary/aromatic N) is 1. The van der Waals surface area contributed by atoms with E-state index < -0.39 is 17.6 Å². The van der Waals surface area contributed by atoms with E-state index in [0.717, 1.165) is 31.3 Å². The number of ether oxygens (including phenoxy) is 3. The smallest absolute Gasteiger partial charge is 0.332 e. The fraction of sp³-hybridized carbons (Fsp3) is 0.722. The largest absolute Gasteiger partial charge is 0.462 e. The summed E-state index contributed by atoms with van der Waals surface area (Å²) in [6, 6.07) is 0.101. The molecule has 5 aliphatic rings. The van der Waals surface area contributed by atoms with E-state index in [0.29, 0.717) is 31.7 Å². The second-order valence-corrected chi connectivity index (χ2v) is 7.46. The fourth-order valence-corrected chi connectivity index (χ4v) is 4.27. The Hall–Kier alpha value is -1.89. The summed E-state index contributed by atoms with van der Waals surface area (Å²) in [6.07, 6.45) is 6.98. The number of carbonyl (C=O) groups excluding carboxylic acids is 2. The molecule has 0 spiro atoms. The Morgan fingerprint density at radius 2 is 2.12 bits per heavy atom. The second-order valence-electron chi connectivity index (χ2n) is 7.46. The summed E-state index contributed by atoms with van der Waals surface area (Å²) in [6.45, 7) is 2.55. The van der Waals surface area contributed by atoms with Crippen molar-refractivity contribution in [1.29, 1.82) is 0 Å². The third kappa shape index (κ3) is 3.05. The molecule has 0 radical (unpaired) electrons. The number of carbonyl (C=O) groups is 2. The molecule has 6 bridgehead atoms. The van der Waals surface area contributed by atoms with Crippen LogP contribution >= 0.6 is 0 Å². The van der Waals surface area contributed by atoms with Gasteiger partial charge in [0.25, 0.3) is 6.02 Å². The van der Waals surface area contributed by atoms with Crippen LogP contribution in [0.5, 0.6) is 0 Å². The summed E-state index contributed by atoms with van der Waals surface area (Å²) < 4.78 is 16.7. The van der Waals surface area contributed by atoms with Gasteiger partial charge in [-0.1, -0.05) is 6.42 Å². The van der Waals surface area contributed by atoms with Crippen LogP contribution in [0.4, 0.5) is 0 Å². The van der Waals surface area contributed by atoms with Crippen LogP contribution in [0, 0.1) is 11.3 Å². The van der Waals surface area contributed by atoms with Crippen LogP contribution in [0.2, 0.25) is 0 Å². The maximum absolute atomic E-state index is 12.7. The molecule has 4 unspecified atom stereocenters. The van der Waals surface area contributed by atoms with Crippen molar-refractivity contribution in [3.63, 3.8) is 0 Å². The van der Waals surface area contributed by atoms with Crippen molar-refractivity contribution in [3.8, 4) is 0 Å². The highest BCUT2D eigenvalue weighted by Crippen LogP contribution is 2.42. The Balaban J connectivity index is 1.62. The molecular formula is C18H24N2O5. The molecule has 0 aromatic rings. The van der Waals surface area contributed by atoms with Crippen LogP contribution in [0.1, 0.15) is 45.4 Å². The van der Waals surface area contributed by atoms with Crippen molar-refractivity contribution in [1.82, 2.24) is 5.32 Å². The minimum atomic E-state index is -0.963. The molecule has 5 rings (SSSR count). The van der Waals surface area contributed by atoms with Gasteiger partial charge in [-0.05, 0) is 50.5 Å². The molecule has 25 heavy (non-hydrogen) atoms. The summed E-state index contributed by atoms with van der Waals surface area (Å²) in [5.74, 6) is -0.0255. The van der Waals surface area contributed by atoms with Crippen LogP contribution in [0.25, 0.3) is 0 Å². The van der Waals surface area contributed by atoms with E-state index >= 15 is 0 Å². The molecule has 1 saturated heterocycles. The molecule has 136 valence electrons. The molecule has 1 aliphatic carbocycles. The van der Waals surface area contributed by atoms with Crippen LogP contribution in [-0.4, -0.2) is 43.4 Å². The molecule has 2 fully saturated rings. The van der Waals surface area contributed by atoms with Gasteiger partial charge in [0.05, 0.1) is 12.7 Å². The van der Waals surface area contributed by atoms with Gasteiger partial charge in [0.2, 0.25) is 12.1 Å². The highest BCUT2D eigenvalue weighted by Gasteiger charge is 2.52. The van der Waals surface area contributed by atoms with Crippen molar-refractivity contribution in [3.05, 3.63) is 11.6 Å². The summed E-state index contributed by atoms with van der Waals surface area (Å²) in [5.41, 5.74) is -0.162. The lowest BCUT2D eigenvalue weighted by atomic mass is 9.74. The number of nitrogens with one attached hydrogen (secondary N) is 1. The first-order chi connectivity index (χ1) is 12.1. The minimum absolute atomic E-state index is 0.101. The molecule has 1 N–H and O–H groups in total. The van der Waals surface area contributed by atoms with Gasteiger partial charge in [0.1, 0.15) is 12.0 Å². The van der Waals surface area contributed by atoms with Crippen molar-refractivity contribution >= 4 is 17.9 Å². The van der Waals surface area contributed by atoms with Crippen molar-refractivity contribution in [2.45, 2.75) is 57.8 Å². The van der Waals surface area contributed by atoms with Crippen LogP contribution in [-0.2, 0) is 23.8 Å². The topological polar surface area (TPSA) is 86.2 Å². The fourth-order valence-electron chi connectivity index (χ4n) is 4.27. The highest BCUT2D eigenvalue weighted by molar-refractivity contribution is 6.03. The van der Waals surface area contributed by atoms with E-state index in [2.05, 4.69) is 10.3 Å². The van der Waals surface area contributed by atoms with E-state index in [9.17, 15) is 9.59 Å². The SMILES string of the molecule is CC12C(=O)NC3=NC1OC(=O)C=C2CCCC1CCC(C1)OCCO3. The van der Waals surface area contributed by atoms with E-state index in [4.69, 9.17) is 14.2 Å². The maximum atomic E-state index is 12.7. The van der Waals surface area contributed by atoms with Gasteiger partial charge < -0.3 is 14.2 Å². The van der Waals surface area contributed by atoms with Crippen molar-refractivity contribution in [2.24, 2.45) is 16.3 Å². The maximum Gasteiger partial charge on any atom is 0.332 e. The molecule has 0 aromatic carbocycles. The molecule has 4 heterocycles. The van der Waals surface area contributed by atoms with Gasteiger partial charge in [0.15, 0.2) is 0 Å². The molecule has 4 atom stereocenters. The Labute approximate surface area is 146 Å². The van der Waals surface area contributed by atoms with Crippen molar-refractivity contribution < 1.29 is 23.8 Å². The third-order valence-corrected chi connectivity index (χ3v) is 5.83. The number of aliphatic imine (C=N–C) groups is 1. The molecule has 7 heteroatoms. The lowest BCUT2D eigenvalue weighted by Crippen LogP contribution is -2.57. The number of hydrogen-bond donors (Lipinski definition) is 1. The average Bonchev–Trinajstić information content (AvgIpc) is 3.01. The monoisotopic (exact) mass is 348 g/mol. The zero-order valence-electron chi connectivity index (χ0n) is 14.5. The first-order valence-electron chi connectivity index (χ1n) is 9.11. The summed E-state index contributed by atoms with van der Waals surface area (Å²) in [7, 11) is 0. The number of hydrogen-bond acceptors (Lipinski definition) is 6. The van der Waals surface area contributed by atoms with Gasteiger partial charge in [-0.2, -0.15) is 4.99 Å². The Bertz CT molecular complexity index is 643. The summed E-state index contributed by atoms with van der Waals surface area (Å²) in [5, 5.41) is 2.70. The minimum Gasteiger partial charge on any atom is -0.462 e. The van der Waals surface area contributed by atoms with Crippen LogP contribution in [0.15, 0.2) is 16.6 Å². The Kier molecular flexibility index (Phi) is 4.27. The number of fused-ring (bicyclic) bond motifs is 6. The first kappa shape index (κ1) is 16.6. The van der Waals surface area contributed by atoms with Gasteiger partial charge in [-0.3, -0.25) is 10.1 Å². The molecule has 1 amide bonds. The number of esters is 1. The standard InChI is InChI=1S/C18H24N2O5/c1-18-12-4-2-3-11-5-6-13(9-11)23-7-8-24-17(19-15(18)22)20-16(18)25-14(21)10-12/h10-11,13,16H,2-9H2,1H3,(H,19,20,22). The summed E-state index contributed by atoms with van der Waals surface area (Å²) in [4.78, 5) is 29.0. The van der Waals surface area contributed by atoms with Gasteiger partial charge in [-0.15, -0.1) is 0 Å². The third-order valence-electron chi connectivity index (χ3n) is 5.83. The van der Waals surface area contributed by atoms with Gasteiger partial charge >= 0.3 is 5.97 Å². The van der Waals surface area contributed by atoms with Crippen LogP contribution in [0.3, 0.4) is 0 Å². The molecule has 0 aromatic heterocycles. The number of amidine groups is 1. The quantitative estimate of drug-likeness (QED) is 0.673. The van der Waals surface area contributed by atoms with Gasteiger partial charge in [-0.25, -0.2) is 4.79 Å². The van der Waals surface area contributed by atoms with E-state index in [1.807, 2.05) is 0 Å². The lowest BCUT2D eigenvalue weighted by Gasteiger charge is -2.40. The number of rotatable bonds is 0.